The van der Waals surface area contributed by atoms with Crippen LogP contribution in [0.25, 0.3) is 93.6 Å². The number of benzene rings is 8. The lowest BCUT2D eigenvalue weighted by atomic mass is 9.82. The van der Waals surface area contributed by atoms with E-state index >= 15 is 0 Å². The first kappa shape index (κ1) is 29.7. The van der Waals surface area contributed by atoms with Crippen molar-refractivity contribution in [3.8, 4) is 28.2 Å². The van der Waals surface area contributed by atoms with Gasteiger partial charge < -0.3 is 13.7 Å². The van der Waals surface area contributed by atoms with Crippen LogP contribution in [0.5, 0.6) is 0 Å². The summed E-state index contributed by atoms with van der Waals surface area (Å²) in [4.78, 5) is 0. The SMILES string of the molecule is CC1(C)c2ccccc2-c2cc(-n3c4ccc(-n5c6ccccc6c6ccccc65)cc4c4cc(-n5c6ccccc6c6ccccc65)ccc43)ccc21. The molecule has 0 bridgehead atoms. The van der Waals surface area contributed by atoms with Crippen molar-refractivity contribution in [3.05, 3.63) is 187 Å². The van der Waals surface area contributed by atoms with Crippen LogP contribution in [0, 0.1) is 0 Å². The minimum atomic E-state index is -0.0420. The summed E-state index contributed by atoms with van der Waals surface area (Å²) in [6, 6.07) is 65.2. The van der Waals surface area contributed by atoms with E-state index in [2.05, 4.69) is 203 Å². The van der Waals surface area contributed by atoms with Crippen molar-refractivity contribution in [1.82, 2.24) is 13.7 Å². The van der Waals surface area contributed by atoms with Crippen LogP contribution in [0.3, 0.4) is 0 Å². The largest absolute Gasteiger partial charge is 0.309 e. The zero-order valence-electron chi connectivity index (χ0n) is 30.1. The zero-order chi connectivity index (χ0) is 35.7. The van der Waals surface area contributed by atoms with Crippen molar-refractivity contribution in [2.45, 2.75) is 19.3 Å². The summed E-state index contributed by atoms with van der Waals surface area (Å²) in [5.41, 5.74) is 16.1. The molecule has 0 aliphatic heterocycles. The van der Waals surface area contributed by atoms with E-state index in [1.54, 1.807) is 0 Å². The first-order valence-corrected chi connectivity index (χ1v) is 18.9. The average molecular weight is 690 g/mol. The number of rotatable bonds is 3. The predicted octanol–water partition coefficient (Wildman–Crippen LogP) is 13.3. The molecule has 0 N–H and O–H groups in total. The summed E-state index contributed by atoms with van der Waals surface area (Å²) < 4.78 is 7.33. The van der Waals surface area contributed by atoms with E-state index < -0.39 is 0 Å². The molecule has 0 saturated carbocycles. The lowest BCUT2D eigenvalue weighted by Gasteiger charge is -2.21. The van der Waals surface area contributed by atoms with Crippen LogP contribution >= 0.6 is 0 Å². The van der Waals surface area contributed by atoms with Crippen molar-refractivity contribution >= 4 is 65.4 Å². The van der Waals surface area contributed by atoms with Crippen LogP contribution in [0.1, 0.15) is 25.0 Å². The van der Waals surface area contributed by atoms with Gasteiger partial charge in [-0.25, -0.2) is 0 Å². The van der Waals surface area contributed by atoms with E-state index in [9.17, 15) is 0 Å². The number of fused-ring (bicyclic) bond motifs is 12. The summed E-state index contributed by atoms with van der Waals surface area (Å²) in [6.07, 6.45) is 0. The van der Waals surface area contributed by atoms with Gasteiger partial charge in [0, 0.05) is 54.8 Å². The van der Waals surface area contributed by atoms with Gasteiger partial charge in [0.1, 0.15) is 0 Å². The second-order valence-electron chi connectivity index (χ2n) is 15.4. The molecule has 0 saturated heterocycles. The molecule has 11 aromatic rings. The van der Waals surface area contributed by atoms with Crippen molar-refractivity contribution in [2.24, 2.45) is 0 Å². The second-order valence-corrected chi connectivity index (χ2v) is 15.4. The van der Waals surface area contributed by atoms with Gasteiger partial charge in [0.15, 0.2) is 0 Å². The Bertz CT molecular complexity index is 3090. The predicted molar refractivity (Wildman–Crippen MR) is 227 cm³/mol. The smallest absolute Gasteiger partial charge is 0.0542 e. The van der Waals surface area contributed by atoms with E-state index in [1.165, 1.54) is 93.4 Å². The molecule has 0 radical (unpaired) electrons. The van der Waals surface area contributed by atoms with E-state index in [-0.39, 0.29) is 5.41 Å². The Morgan fingerprint density at radius 3 is 1.13 bits per heavy atom. The van der Waals surface area contributed by atoms with Gasteiger partial charge >= 0.3 is 0 Å². The number of hydrogen-bond acceptors (Lipinski definition) is 0. The van der Waals surface area contributed by atoms with Crippen molar-refractivity contribution < 1.29 is 0 Å². The molecular formula is C51H35N3. The Kier molecular flexibility index (Phi) is 5.84. The quantitative estimate of drug-likeness (QED) is 0.175. The van der Waals surface area contributed by atoms with Crippen LogP contribution in [0.4, 0.5) is 0 Å². The highest BCUT2D eigenvalue weighted by Gasteiger charge is 2.35. The normalized spacial score (nSPS) is 13.5. The molecule has 0 spiro atoms. The highest BCUT2D eigenvalue weighted by Crippen LogP contribution is 2.49. The number of aromatic nitrogens is 3. The molecule has 1 aliphatic carbocycles. The molecule has 254 valence electrons. The highest BCUT2D eigenvalue weighted by atomic mass is 15.0. The van der Waals surface area contributed by atoms with Crippen LogP contribution in [-0.2, 0) is 5.41 Å². The third-order valence-electron chi connectivity index (χ3n) is 12.2. The maximum absolute atomic E-state index is 2.48. The molecule has 0 fully saturated rings. The Balaban J connectivity index is 1.16. The minimum Gasteiger partial charge on any atom is -0.309 e. The molecule has 0 atom stereocenters. The summed E-state index contributed by atoms with van der Waals surface area (Å²) in [6.45, 7) is 4.70. The summed E-state index contributed by atoms with van der Waals surface area (Å²) >= 11 is 0. The van der Waals surface area contributed by atoms with Gasteiger partial charge in [0.05, 0.1) is 33.1 Å². The van der Waals surface area contributed by atoms with Crippen LogP contribution in [-0.4, -0.2) is 13.7 Å². The molecule has 54 heavy (non-hydrogen) atoms. The minimum absolute atomic E-state index is 0.0420. The number of hydrogen-bond donors (Lipinski definition) is 0. The van der Waals surface area contributed by atoms with Gasteiger partial charge in [-0.1, -0.05) is 117 Å². The fourth-order valence-corrected chi connectivity index (χ4v) is 9.80. The van der Waals surface area contributed by atoms with Gasteiger partial charge in [-0.15, -0.1) is 0 Å². The lowest BCUT2D eigenvalue weighted by molar-refractivity contribution is 0.660. The molecule has 0 amide bonds. The molecule has 0 unspecified atom stereocenters. The summed E-state index contributed by atoms with van der Waals surface area (Å²) in [5, 5.41) is 7.54. The Morgan fingerprint density at radius 2 is 0.648 bits per heavy atom. The average Bonchev–Trinajstić information content (AvgIpc) is 3.91. The fraction of sp³-hybridized carbons (Fsp3) is 0.0588. The molecule has 3 aromatic heterocycles. The van der Waals surface area contributed by atoms with E-state index in [0.29, 0.717) is 0 Å². The molecule has 3 heteroatoms. The summed E-state index contributed by atoms with van der Waals surface area (Å²) in [7, 11) is 0. The Hall–Kier alpha value is -6.84. The fourth-order valence-electron chi connectivity index (χ4n) is 9.80. The standard InChI is InChI=1S/C51H35N3/c1-51(2)43-18-8-3-13-35(43)40-29-32(23-26-44(40)51)54-49-27-24-33(52-45-19-9-4-14-36(45)37-15-5-10-20-46(37)52)30-41(49)42-31-34(25-28-50(42)54)53-47-21-11-6-16-38(47)39-17-7-12-22-48(39)53/h3-31H,1-2H3. The van der Waals surface area contributed by atoms with Crippen LogP contribution in [0.15, 0.2) is 176 Å². The molecule has 3 nitrogen and oxygen atoms in total. The second kappa shape index (κ2) is 10.6. The monoisotopic (exact) mass is 689 g/mol. The first-order valence-electron chi connectivity index (χ1n) is 18.9. The van der Waals surface area contributed by atoms with Crippen molar-refractivity contribution in [2.75, 3.05) is 0 Å². The molecular weight excluding hydrogens is 655 g/mol. The molecule has 8 aromatic carbocycles. The van der Waals surface area contributed by atoms with Gasteiger partial charge in [-0.2, -0.15) is 0 Å². The Morgan fingerprint density at radius 1 is 0.296 bits per heavy atom. The highest BCUT2D eigenvalue weighted by molar-refractivity contribution is 6.14. The van der Waals surface area contributed by atoms with Crippen LogP contribution < -0.4 is 0 Å². The third-order valence-corrected chi connectivity index (χ3v) is 12.2. The zero-order valence-corrected chi connectivity index (χ0v) is 30.1. The third kappa shape index (κ3) is 3.85. The molecule has 1 aliphatic rings. The van der Waals surface area contributed by atoms with E-state index in [1.807, 2.05) is 0 Å². The van der Waals surface area contributed by atoms with E-state index in [4.69, 9.17) is 0 Å². The van der Waals surface area contributed by atoms with E-state index in [0.717, 1.165) is 11.4 Å². The topological polar surface area (TPSA) is 14.8 Å². The first-order chi connectivity index (χ1) is 26.6. The maximum Gasteiger partial charge on any atom is 0.0542 e. The van der Waals surface area contributed by atoms with Gasteiger partial charge in [-0.3, -0.25) is 0 Å². The number of nitrogens with zero attached hydrogens (tertiary/aromatic N) is 3. The van der Waals surface area contributed by atoms with Crippen molar-refractivity contribution in [3.63, 3.8) is 0 Å². The van der Waals surface area contributed by atoms with Gasteiger partial charge in [0.25, 0.3) is 0 Å². The van der Waals surface area contributed by atoms with Crippen molar-refractivity contribution in [1.29, 1.82) is 0 Å². The molecule has 3 heterocycles. The lowest BCUT2D eigenvalue weighted by Crippen LogP contribution is -2.14. The maximum atomic E-state index is 2.48. The molecule has 12 rings (SSSR count). The van der Waals surface area contributed by atoms with Gasteiger partial charge in [0.2, 0.25) is 0 Å². The summed E-state index contributed by atoms with van der Waals surface area (Å²) in [5.74, 6) is 0. The Labute approximate surface area is 312 Å². The van der Waals surface area contributed by atoms with Gasteiger partial charge in [-0.05, 0) is 95.1 Å². The number of para-hydroxylation sites is 4. The van der Waals surface area contributed by atoms with Crippen LogP contribution in [0.2, 0.25) is 0 Å².